The molecular weight excluding hydrogens is 176 g/mol. The first-order chi connectivity index (χ1) is 6.68. The first-order valence-electron chi connectivity index (χ1n) is 4.69. The van der Waals surface area contributed by atoms with Gasteiger partial charge in [-0.15, -0.1) is 0 Å². The number of aromatic amines is 1. The summed E-state index contributed by atoms with van der Waals surface area (Å²) in [6, 6.07) is 7.54. The molecule has 0 spiro atoms. The number of fused-ring (bicyclic) bond motifs is 1. The molecule has 2 rings (SSSR count). The Morgan fingerprint density at radius 2 is 2.14 bits per heavy atom. The van der Waals surface area contributed by atoms with Gasteiger partial charge < -0.3 is 15.8 Å². The zero-order valence-electron chi connectivity index (χ0n) is 8.07. The number of hydrogen-bond acceptors (Lipinski definition) is 2. The van der Waals surface area contributed by atoms with Gasteiger partial charge in [0.25, 0.3) is 0 Å². The number of benzene rings is 1. The fourth-order valence-corrected chi connectivity index (χ4v) is 1.56. The zero-order chi connectivity index (χ0) is 10.1. The van der Waals surface area contributed by atoms with Gasteiger partial charge in [-0.05, 0) is 36.1 Å². The molecule has 74 valence electrons. The van der Waals surface area contributed by atoms with Gasteiger partial charge in [-0.1, -0.05) is 6.07 Å². The Morgan fingerprint density at radius 1 is 1.36 bits per heavy atom. The van der Waals surface area contributed by atoms with E-state index in [0.29, 0.717) is 0 Å². The molecule has 0 saturated heterocycles. The molecule has 3 nitrogen and oxygen atoms in total. The minimum absolute atomic E-state index is 0.244. The van der Waals surface area contributed by atoms with Crippen LogP contribution in [0, 0.1) is 0 Å². The van der Waals surface area contributed by atoms with Gasteiger partial charge in [0.15, 0.2) is 0 Å². The molecule has 2 atom stereocenters. The number of aliphatic hydroxyl groups excluding tert-OH is 1. The molecule has 0 aliphatic rings. The van der Waals surface area contributed by atoms with Crippen molar-refractivity contribution in [2.75, 3.05) is 0 Å². The van der Waals surface area contributed by atoms with Crippen molar-refractivity contribution in [2.24, 2.45) is 5.73 Å². The molecule has 3 heteroatoms. The first kappa shape index (κ1) is 9.24. The maximum atomic E-state index is 9.76. The third-order valence-electron chi connectivity index (χ3n) is 2.42. The van der Waals surface area contributed by atoms with Crippen LogP contribution in [0.5, 0.6) is 0 Å². The highest BCUT2D eigenvalue weighted by Gasteiger charge is 2.12. The van der Waals surface area contributed by atoms with E-state index in [2.05, 4.69) is 4.98 Å². The van der Waals surface area contributed by atoms with Gasteiger partial charge in [0.05, 0.1) is 6.10 Å². The van der Waals surface area contributed by atoms with E-state index in [0.717, 1.165) is 16.5 Å². The molecule has 0 bridgehead atoms. The largest absolute Gasteiger partial charge is 0.387 e. The van der Waals surface area contributed by atoms with Crippen LogP contribution in [0.3, 0.4) is 0 Å². The van der Waals surface area contributed by atoms with E-state index in [1.807, 2.05) is 30.5 Å². The van der Waals surface area contributed by atoms with Crippen LogP contribution in [0.15, 0.2) is 30.5 Å². The molecule has 2 unspecified atom stereocenters. The number of nitrogens with two attached hydrogens (primary N) is 1. The van der Waals surface area contributed by atoms with E-state index in [9.17, 15) is 5.11 Å². The number of aliphatic hydroxyl groups is 1. The Labute approximate surface area is 82.6 Å². The highest BCUT2D eigenvalue weighted by Crippen LogP contribution is 2.20. The van der Waals surface area contributed by atoms with Crippen molar-refractivity contribution in [3.05, 3.63) is 36.0 Å². The van der Waals surface area contributed by atoms with Crippen molar-refractivity contribution in [3.63, 3.8) is 0 Å². The highest BCUT2D eigenvalue weighted by molar-refractivity contribution is 5.80. The molecule has 0 amide bonds. The van der Waals surface area contributed by atoms with Gasteiger partial charge in [0.2, 0.25) is 0 Å². The lowest BCUT2D eigenvalue weighted by atomic mass is 10.0. The molecule has 1 aromatic heterocycles. The maximum Gasteiger partial charge on any atom is 0.0938 e. The molecule has 14 heavy (non-hydrogen) atoms. The van der Waals surface area contributed by atoms with Gasteiger partial charge in [-0.3, -0.25) is 0 Å². The summed E-state index contributed by atoms with van der Waals surface area (Å²) in [6.45, 7) is 1.80. The summed E-state index contributed by atoms with van der Waals surface area (Å²) in [5.74, 6) is 0. The molecule has 1 heterocycles. The van der Waals surface area contributed by atoms with Crippen molar-refractivity contribution >= 4 is 10.9 Å². The van der Waals surface area contributed by atoms with Crippen LogP contribution in [0.25, 0.3) is 10.9 Å². The number of rotatable bonds is 2. The molecule has 0 aliphatic heterocycles. The van der Waals surface area contributed by atoms with Gasteiger partial charge in [0, 0.05) is 17.8 Å². The fraction of sp³-hybridized carbons (Fsp3) is 0.273. The summed E-state index contributed by atoms with van der Waals surface area (Å²) < 4.78 is 0. The summed E-state index contributed by atoms with van der Waals surface area (Å²) >= 11 is 0. The van der Waals surface area contributed by atoms with Gasteiger partial charge in [-0.25, -0.2) is 0 Å². The van der Waals surface area contributed by atoms with E-state index >= 15 is 0 Å². The van der Waals surface area contributed by atoms with E-state index in [1.165, 1.54) is 0 Å². The second-order valence-electron chi connectivity index (χ2n) is 3.63. The number of aromatic nitrogens is 1. The van der Waals surface area contributed by atoms with Gasteiger partial charge in [0.1, 0.15) is 0 Å². The molecule has 0 radical (unpaired) electrons. The van der Waals surface area contributed by atoms with Gasteiger partial charge >= 0.3 is 0 Å². The van der Waals surface area contributed by atoms with Crippen LogP contribution in [-0.4, -0.2) is 16.1 Å². The third-order valence-corrected chi connectivity index (χ3v) is 2.42. The van der Waals surface area contributed by atoms with Crippen molar-refractivity contribution in [3.8, 4) is 0 Å². The summed E-state index contributed by atoms with van der Waals surface area (Å²) in [7, 11) is 0. The monoisotopic (exact) mass is 190 g/mol. The van der Waals surface area contributed by atoms with E-state index in [1.54, 1.807) is 6.92 Å². The normalized spacial score (nSPS) is 15.6. The van der Waals surface area contributed by atoms with Crippen LogP contribution < -0.4 is 5.73 Å². The smallest absolute Gasteiger partial charge is 0.0938 e. The number of H-pyrrole nitrogens is 1. The van der Waals surface area contributed by atoms with Crippen molar-refractivity contribution in [2.45, 2.75) is 19.1 Å². The molecule has 0 fully saturated rings. The Balaban J connectivity index is 2.43. The second-order valence-corrected chi connectivity index (χ2v) is 3.63. The summed E-state index contributed by atoms with van der Waals surface area (Å²) in [5, 5.41) is 10.9. The minimum atomic E-state index is -0.589. The lowest BCUT2D eigenvalue weighted by Gasteiger charge is -2.14. The Kier molecular flexibility index (Phi) is 2.27. The quantitative estimate of drug-likeness (QED) is 0.672. The fourth-order valence-electron chi connectivity index (χ4n) is 1.56. The van der Waals surface area contributed by atoms with Gasteiger partial charge in [-0.2, -0.15) is 0 Å². The number of nitrogens with one attached hydrogen (secondary N) is 1. The van der Waals surface area contributed by atoms with E-state index < -0.39 is 6.10 Å². The SMILES string of the molecule is CC(N)C(O)c1ccc2[nH]ccc2c1. The second kappa shape index (κ2) is 3.44. The topological polar surface area (TPSA) is 62.0 Å². The van der Waals surface area contributed by atoms with Crippen molar-refractivity contribution in [1.29, 1.82) is 0 Å². The Hall–Kier alpha value is -1.32. The third kappa shape index (κ3) is 1.52. The summed E-state index contributed by atoms with van der Waals surface area (Å²) in [6.07, 6.45) is 1.29. The lowest BCUT2D eigenvalue weighted by molar-refractivity contribution is 0.153. The van der Waals surface area contributed by atoms with E-state index in [-0.39, 0.29) is 6.04 Å². The lowest BCUT2D eigenvalue weighted by Crippen LogP contribution is -2.24. The standard InChI is InChI=1S/C11H14N2O/c1-7(12)11(14)9-2-3-10-8(6-9)4-5-13-10/h2-7,11,13-14H,12H2,1H3. The molecule has 0 saturated carbocycles. The minimum Gasteiger partial charge on any atom is -0.387 e. The van der Waals surface area contributed by atoms with Crippen molar-refractivity contribution in [1.82, 2.24) is 4.98 Å². The van der Waals surface area contributed by atoms with E-state index in [4.69, 9.17) is 5.73 Å². The Morgan fingerprint density at radius 3 is 2.86 bits per heavy atom. The van der Waals surface area contributed by atoms with Crippen molar-refractivity contribution < 1.29 is 5.11 Å². The highest BCUT2D eigenvalue weighted by atomic mass is 16.3. The first-order valence-corrected chi connectivity index (χ1v) is 4.69. The summed E-state index contributed by atoms with van der Waals surface area (Å²) in [5.41, 5.74) is 7.57. The molecular formula is C11H14N2O. The Bertz CT molecular complexity index is 434. The van der Waals surface area contributed by atoms with Crippen LogP contribution in [-0.2, 0) is 0 Å². The molecule has 1 aromatic carbocycles. The zero-order valence-corrected chi connectivity index (χ0v) is 8.07. The number of hydrogen-bond donors (Lipinski definition) is 3. The summed E-state index contributed by atoms with van der Waals surface area (Å²) in [4.78, 5) is 3.10. The average Bonchev–Trinajstić information content (AvgIpc) is 2.62. The molecule has 0 aliphatic carbocycles. The predicted octanol–water partition coefficient (Wildman–Crippen LogP) is 1.55. The predicted molar refractivity (Wildman–Crippen MR) is 56.9 cm³/mol. The van der Waals surface area contributed by atoms with Crippen LogP contribution in [0.4, 0.5) is 0 Å². The molecule has 2 aromatic rings. The van der Waals surface area contributed by atoms with Crippen LogP contribution in [0.1, 0.15) is 18.6 Å². The average molecular weight is 190 g/mol. The van der Waals surface area contributed by atoms with Crippen LogP contribution in [0.2, 0.25) is 0 Å². The van der Waals surface area contributed by atoms with Crippen LogP contribution >= 0.6 is 0 Å². The maximum absolute atomic E-state index is 9.76. The molecule has 4 N–H and O–H groups in total.